The van der Waals surface area contributed by atoms with Crippen LogP contribution in [0.4, 0.5) is 0 Å². The molecule has 2 rings (SSSR count). The van der Waals surface area contributed by atoms with Crippen molar-refractivity contribution in [2.75, 3.05) is 0 Å². The highest BCUT2D eigenvalue weighted by atomic mass is 32.1. The molecule has 3 heteroatoms. The summed E-state index contributed by atoms with van der Waals surface area (Å²) >= 11 is 4.97. The van der Waals surface area contributed by atoms with Crippen molar-refractivity contribution in [3.05, 3.63) is 64.7 Å². The Morgan fingerprint density at radius 1 is 1.16 bits per heavy atom. The zero-order valence-electron chi connectivity index (χ0n) is 11.1. The molecule has 0 saturated heterocycles. The number of aryl methyl sites for hydroxylation is 2. The Morgan fingerprint density at radius 3 is 2.63 bits per heavy atom. The molecule has 0 aliphatic heterocycles. The summed E-state index contributed by atoms with van der Waals surface area (Å²) < 4.78 is 5.83. The van der Waals surface area contributed by atoms with Gasteiger partial charge < -0.3 is 10.5 Å². The topological polar surface area (TPSA) is 35.2 Å². The van der Waals surface area contributed by atoms with Crippen molar-refractivity contribution in [3.8, 4) is 5.75 Å². The lowest BCUT2D eigenvalue weighted by Crippen LogP contribution is -2.09. The first kappa shape index (κ1) is 13.6. The normalized spacial score (nSPS) is 10.2. The smallest absolute Gasteiger partial charge is 0.122 e. The quantitative estimate of drug-likeness (QED) is 0.864. The number of nitrogens with two attached hydrogens (primary N) is 1. The van der Waals surface area contributed by atoms with Crippen LogP contribution in [0.25, 0.3) is 0 Å². The number of hydrogen-bond donors (Lipinski definition) is 1. The molecule has 0 spiro atoms. The third-order valence-corrected chi connectivity index (χ3v) is 3.17. The first-order valence-corrected chi connectivity index (χ1v) is 6.56. The second-order valence-corrected chi connectivity index (χ2v) is 5.06. The summed E-state index contributed by atoms with van der Waals surface area (Å²) in [5, 5.41) is 0. The second kappa shape index (κ2) is 5.85. The Hall–Kier alpha value is -1.87. The molecule has 0 radical (unpaired) electrons. The lowest BCUT2D eigenvalue weighted by Gasteiger charge is -2.10. The van der Waals surface area contributed by atoms with Crippen molar-refractivity contribution in [3.63, 3.8) is 0 Å². The van der Waals surface area contributed by atoms with Crippen molar-refractivity contribution in [2.45, 2.75) is 20.5 Å². The molecule has 0 heterocycles. The summed E-state index contributed by atoms with van der Waals surface area (Å²) in [6, 6.07) is 14.0. The standard InChI is InChI=1S/C16H17NOS/c1-11-6-7-15(12(2)8-11)18-10-13-4-3-5-14(9-13)16(17)19/h3-9H,10H2,1-2H3,(H2,17,19). The zero-order valence-corrected chi connectivity index (χ0v) is 12.0. The Morgan fingerprint density at radius 2 is 1.95 bits per heavy atom. The number of thiocarbonyl (C=S) groups is 1. The molecule has 0 fully saturated rings. The third-order valence-electron chi connectivity index (χ3n) is 2.94. The van der Waals surface area contributed by atoms with E-state index in [1.165, 1.54) is 5.56 Å². The van der Waals surface area contributed by atoms with Gasteiger partial charge in [-0.1, -0.05) is 48.1 Å². The minimum absolute atomic E-state index is 0.411. The van der Waals surface area contributed by atoms with Gasteiger partial charge in [0.1, 0.15) is 17.3 Å². The van der Waals surface area contributed by atoms with Gasteiger partial charge in [0.15, 0.2) is 0 Å². The molecule has 2 aromatic carbocycles. The Kier molecular flexibility index (Phi) is 4.17. The van der Waals surface area contributed by atoms with E-state index in [9.17, 15) is 0 Å². The highest BCUT2D eigenvalue weighted by Crippen LogP contribution is 2.20. The van der Waals surface area contributed by atoms with Gasteiger partial charge in [-0.15, -0.1) is 0 Å². The van der Waals surface area contributed by atoms with Crippen LogP contribution >= 0.6 is 12.2 Å². The molecule has 2 aromatic rings. The van der Waals surface area contributed by atoms with Crippen molar-refractivity contribution < 1.29 is 4.74 Å². The van der Waals surface area contributed by atoms with Crippen molar-refractivity contribution in [2.24, 2.45) is 5.73 Å². The summed E-state index contributed by atoms with van der Waals surface area (Å²) in [4.78, 5) is 0.411. The molecule has 0 aliphatic rings. The van der Waals surface area contributed by atoms with E-state index in [4.69, 9.17) is 22.7 Å². The molecule has 0 bridgehead atoms. The Bertz CT molecular complexity index is 607. The minimum Gasteiger partial charge on any atom is -0.489 e. The number of benzene rings is 2. The predicted octanol–water partition coefficient (Wildman–Crippen LogP) is 3.52. The van der Waals surface area contributed by atoms with Crippen molar-refractivity contribution in [1.82, 2.24) is 0 Å². The average Bonchev–Trinajstić information content (AvgIpc) is 2.38. The molecule has 0 amide bonds. The Labute approximate surface area is 119 Å². The van der Waals surface area contributed by atoms with Crippen LogP contribution in [-0.2, 0) is 6.61 Å². The summed E-state index contributed by atoms with van der Waals surface area (Å²) in [5.74, 6) is 0.909. The third kappa shape index (κ3) is 3.55. The molecule has 0 saturated carbocycles. The van der Waals surface area contributed by atoms with Crippen LogP contribution in [0.15, 0.2) is 42.5 Å². The zero-order chi connectivity index (χ0) is 13.8. The van der Waals surface area contributed by atoms with Crippen molar-refractivity contribution in [1.29, 1.82) is 0 Å². The first-order chi connectivity index (χ1) is 9.06. The van der Waals surface area contributed by atoms with Gasteiger partial charge in [-0.25, -0.2) is 0 Å². The van der Waals surface area contributed by atoms with Gasteiger partial charge >= 0.3 is 0 Å². The number of ether oxygens (including phenoxy) is 1. The van der Waals surface area contributed by atoms with E-state index in [2.05, 4.69) is 13.0 Å². The van der Waals surface area contributed by atoms with Gasteiger partial charge in [0, 0.05) is 5.56 Å². The van der Waals surface area contributed by atoms with Gasteiger partial charge in [0.05, 0.1) is 0 Å². The molecule has 2 N–H and O–H groups in total. The molecule has 0 aromatic heterocycles. The van der Waals surface area contributed by atoms with Crippen LogP contribution in [0.1, 0.15) is 22.3 Å². The molecule has 0 unspecified atom stereocenters. The van der Waals surface area contributed by atoms with Crippen molar-refractivity contribution >= 4 is 17.2 Å². The summed E-state index contributed by atoms with van der Waals surface area (Å²) in [7, 11) is 0. The first-order valence-electron chi connectivity index (χ1n) is 6.15. The maximum atomic E-state index is 5.83. The van der Waals surface area contributed by atoms with Gasteiger partial charge in [0.25, 0.3) is 0 Å². The maximum Gasteiger partial charge on any atom is 0.122 e. The number of rotatable bonds is 4. The van der Waals surface area contributed by atoms with Gasteiger partial charge in [-0.3, -0.25) is 0 Å². The van der Waals surface area contributed by atoms with E-state index < -0.39 is 0 Å². The van der Waals surface area contributed by atoms with Gasteiger partial charge in [0.2, 0.25) is 0 Å². The molecular formula is C16H17NOS. The minimum atomic E-state index is 0.411. The van der Waals surface area contributed by atoms with Gasteiger partial charge in [-0.05, 0) is 37.1 Å². The molecule has 0 aliphatic carbocycles. The van der Waals surface area contributed by atoms with Crippen LogP contribution in [0.3, 0.4) is 0 Å². The second-order valence-electron chi connectivity index (χ2n) is 4.62. The molecule has 19 heavy (non-hydrogen) atoms. The van der Waals surface area contributed by atoms with Crippen LogP contribution in [0.5, 0.6) is 5.75 Å². The molecular weight excluding hydrogens is 254 g/mol. The average molecular weight is 271 g/mol. The van der Waals surface area contributed by atoms with E-state index in [0.717, 1.165) is 22.4 Å². The van der Waals surface area contributed by atoms with E-state index in [1.807, 2.05) is 43.3 Å². The SMILES string of the molecule is Cc1ccc(OCc2cccc(C(N)=S)c2)c(C)c1. The number of hydrogen-bond acceptors (Lipinski definition) is 2. The monoisotopic (exact) mass is 271 g/mol. The maximum absolute atomic E-state index is 5.83. The predicted molar refractivity (Wildman–Crippen MR) is 82.6 cm³/mol. The van der Waals surface area contributed by atoms with Crippen LogP contribution in [0.2, 0.25) is 0 Å². The molecule has 0 atom stereocenters. The lowest BCUT2D eigenvalue weighted by molar-refractivity contribution is 0.304. The summed E-state index contributed by atoms with van der Waals surface area (Å²) in [6.07, 6.45) is 0. The van der Waals surface area contributed by atoms with E-state index in [-0.39, 0.29) is 0 Å². The van der Waals surface area contributed by atoms with E-state index in [1.54, 1.807) is 0 Å². The van der Waals surface area contributed by atoms with Crippen LogP contribution in [0, 0.1) is 13.8 Å². The van der Waals surface area contributed by atoms with Crippen LogP contribution < -0.4 is 10.5 Å². The van der Waals surface area contributed by atoms with E-state index >= 15 is 0 Å². The molecule has 98 valence electrons. The van der Waals surface area contributed by atoms with Crippen LogP contribution in [-0.4, -0.2) is 4.99 Å². The lowest BCUT2D eigenvalue weighted by atomic mass is 10.1. The van der Waals surface area contributed by atoms with Gasteiger partial charge in [-0.2, -0.15) is 0 Å². The summed E-state index contributed by atoms with van der Waals surface area (Å²) in [5.41, 5.74) is 9.93. The Balaban J connectivity index is 2.10. The fraction of sp³-hybridized carbons (Fsp3) is 0.188. The molecule has 2 nitrogen and oxygen atoms in total. The fourth-order valence-electron chi connectivity index (χ4n) is 1.94. The highest BCUT2D eigenvalue weighted by Gasteiger charge is 2.02. The summed E-state index contributed by atoms with van der Waals surface area (Å²) in [6.45, 7) is 4.64. The fourth-order valence-corrected chi connectivity index (χ4v) is 2.06. The largest absolute Gasteiger partial charge is 0.489 e. The highest BCUT2D eigenvalue weighted by molar-refractivity contribution is 7.80. The van der Waals surface area contributed by atoms with E-state index in [0.29, 0.717) is 11.6 Å².